The molecule has 0 aliphatic heterocycles. The van der Waals surface area contributed by atoms with E-state index in [9.17, 15) is 10.1 Å². The van der Waals surface area contributed by atoms with Crippen molar-refractivity contribution in [2.24, 2.45) is 0 Å². The van der Waals surface area contributed by atoms with E-state index in [1.807, 2.05) is 19.1 Å². The van der Waals surface area contributed by atoms with Crippen molar-refractivity contribution < 1.29 is 4.92 Å². The zero-order chi connectivity index (χ0) is 15.6. The van der Waals surface area contributed by atoms with Crippen molar-refractivity contribution in [1.82, 2.24) is 0 Å². The minimum Gasteiger partial charge on any atom is -0.373 e. The topological polar surface area (TPSA) is 55.2 Å². The van der Waals surface area contributed by atoms with E-state index in [0.717, 1.165) is 5.56 Å². The Kier molecular flexibility index (Phi) is 4.93. The summed E-state index contributed by atoms with van der Waals surface area (Å²) in [5, 5.41) is 15.2. The minimum absolute atomic E-state index is 0.127. The van der Waals surface area contributed by atoms with Gasteiger partial charge in [-0.25, -0.2) is 0 Å². The molecule has 0 aliphatic carbocycles. The fourth-order valence-corrected chi connectivity index (χ4v) is 2.42. The molecule has 0 amide bonds. The third kappa shape index (κ3) is 3.79. The van der Waals surface area contributed by atoms with Crippen LogP contribution in [-0.4, -0.2) is 4.92 Å². The molecule has 0 bridgehead atoms. The molecule has 1 atom stereocenters. The number of hydrogen-bond donors (Lipinski definition) is 1. The standard InChI is InChI=1S/C14H11Cl3N2O2/c1-8(9-3-2-4-10(15)5-9)18-13-6-11(16)12(17)7-14(13)19(20)21/h2-8,18H,1H3. The van der Waals surface area contributed by atoms with Gasteiger partial charge in [0.1, 0.15) is 5.69 Å². The molecule has 7 heteroatoms. The lowest BCUT2D eigenvalue weighted by atomic mass is 10.1. The number of nitrogens with zero attached hydrogens (tertiary/aromatic N) is 1. The number of nitro benzene ring substituents is 1. The molecule has 21 heavy (non-hydrogen) atoms. The van der Waals surface area contributed by atoms with E-state index in [1.54, 1.807) is 12.1 Å². The van der Waals surface area contributed by atoms with Crippen LogP contribution < -0.4 is 5.32 Å². The molecular weight excluding hydrogens is 335 g/mol. The Bertz CT molecular complexity index is 692. The van der Waals surface area contributed by atoms with Gasteiger partial charge < -0.3 is 5.32 Å². The van der Waals surface area contributed by atoms with Crippen LogP contribution in [-0.2, 0) is 0 Å². The van der Waals surface area contributed by atoms with Crippen molar-refractivity contribution in [3.05, 3.63) is 67.1 Å². The predicted molar refractivity (Wildman–Crippen MR) is 86.6 cm³/mol. The maximum absolute atomic E-state index is 11.1. The molecule has 0 fully saturated rings. The zero-order valence-corrected chi connectivity index (χ0v) is 13.2. The van der Waals surface area contributed by atoms with Gasteiger partial charge in [0.2, 0.25) is 0 Å². The van der Waals surface area contributed by atoms with Gasteiger partial charge in [0.15, 0.2) is 0 Å². The maximum Gasteiger partial charge on any atom is 0.293 e. The summed E-state index contributed by atoms with van der Waals surface area (Å²) in [6, 6.07) is 9.76. The van der Waals surface area contributed by atoms with Crippen LogP contribution in [0.1, 0.15) is 18.5 Å². The van der Waals surface area contributed by atoms with Crippen molar-refractivity contribution >= 4 is 46.2 Å². The molecule has 2 rings (SSSR count). The molecule has 0 radical (unpaired) electrons. The summed E-state index contributed by atoms with van der Waals surface area (Å²) < 4.78 is 0. The van der Waals surface area contributed by atoms with E-state index >= 15 is 0 Å². The van der Waals surface area contributed by atoms with Crippen LogP contribution in [0.3, 0.4) is 0 Å². The Morgan fingerprint density at radius 3 is 2.43 bits per heavy atom. The van der Waals surface area contributed by atoms with Gasteiger partial charge in [0, 0.05) is 17.1 Å². The second kappa shape index (κ2) is 6.52. The summed E-state index contributed by atoms with van der Waals surface area (Å²) >= 11 is 17.7. The molecule has 2 aromatic rings. The van der Waals surface area contributed by atoms with Gasteiger partial charge in [-0.15, -0.1) is 0 Å². The zero-order valence-electron chi connectivity index (χ0n) is 10.9. The Morgan fingerprint density at radius 2 is 1.81 bits per heavy atom. The second-order valence-corrected chi connectivity index (χ2v) is 5.71. The van der Waals surface area contributed by atoms with E-state index in [-0.39, 0.29) is 21.8 Å². The third-order valence-corrected chi connectivity index (χ3v) is 3.91. The summed E-state index contributed by atoms with van der Waals surface area (Å²) in [4.78, 5) is 10.6. The highest BCUT2D eigenvalue weighted by Gasteiger charge is 2.19. The van der Waals surface area contributed by atoms with E-state index in [2.05, 4.69) is 5.32 Å². The molecule has 1 N–H and O–H groups in total. The average Bonchev–Trinajstić information content (AvgIpc) is 2.42. The van der Waals surface area contributed by atoms with Crippen molar-refractivity contribution in [2.45, 2.75) is 13.0 Å². The molecule has 4 nitrogen and oxygen atoms in total. The lowest BCUT2D eigenvalue weighted by Gasteiger charge is -2.16. The van der Waals surface area contributed by atoms with Gasteiger partial charge in [-0.2, -0.15) is 0 Å². The highest BCUT2D eigenvalue weighted by atomic mass is 35.5. The summed E-state index contributed by atoms with van der Waals surface area (Å²) in [7, 11) is 0. The fraction of sp³-hybridized carbons (Fsp3) is 0.143. The number of nitro groups is 1. The van der Waals surface area contributed by atoms with Gasteiger partial charge >= 0.3 is 0 Å². The SMILES string of the molecule is CC(Nc1cc(Cl)c(Cl)cc1[N+](=O)[O-])c1cccc(Cl)c1. The van der Waals surface area contributed by atoms with Crippen LogP contribution in [0.15, 0.2) is 36.4 Å². The molecule has 0 spiro atoms. The largest absolute Gasteiger partial charge is 0.373 e. The van der Waals surface area contributed by atoms with Gasteiger partial charge in [0.05, 0.1) is 15.0 Å². The molecular formula is C14H11Cl3N2O2. The Morgan fingerprint density at radius 1 is 1.14 bits per heavy atom. The lowest BCUT2D eigenvalue weighted by molar-refractivity contribution is -0.384. The number of rotatable bonds is 4. The quantitative estimate of drug-likeness (QED) is 0.569. The lowest BCUT2D eigenvalue weighted by Crippen LogP contribution is -2.08. The minimum atomic E-state index is -0.505. The summed E-state index contributed by atoms with van der Waals surface area (Å²) in [6.45, 7) is 1.87. The summed E-state index contributed by atoms with van der Waals surface area (Å²) in [5.41, 5.74) is 1.09. The molecule has 110 valence electrons. The van der Waals surface area contributed by atoms with Crippen molar-refractivity contribution in [3.8, 4) is 0 Å². The van der Waals surface area contributed by atoms with E-state index in [4.69, 9.17) is 34.8 Å². The molecule has 1 unspecified atom stereocenters. The molecule has 0 saturated heterocycles. The van der Waals surface area contributed by atoms with Crippen LogP contribution in [0.4, 0.5) is 11.4 Å². The first-order chi connectivity index (χ1) is 9.88. The Labute approximate surface area is 136 Å². The van der Waals surface area contributed by atoms with Crippen LogP contribution in [0.25, 0.3) is 0 Å². The first-order valence-corrected chi connectivity index (χ1v) is 7.17. The molecule has 2 aromatic carbocycles. The van der Waals surface area contributed by atoms with Crippen LogP contribution >= 0.6 is 34.8 Å². The highest BCUT2D eigenvalue weighted by Crippen LogP contribution is 2.35. The number of anilines is 1. The van der Waals surface area contributed by atoms with Crippen molar-refractivity contribution in [3.63, 3.8) is 0 Å². The molecule has 0 aliphatic rings. The van der Waals surface area contributed by atoms with Gasteiger partial charge in [-0.3, -0.25) is 10.1 Å². The van der Waals surface area contributed by atoms with Crippen LogP contribution in [0.2, 0.25) is 15.1 Å². The second-order valence-electron chi connectivity index (χ2n) is 4.46. The van der Waals surface area contributed by atoms with Gasteiger partial charge in [0.25, 0.3) is 5.69 Å². The van der Waals surface area contributed by atoms with E-state index < -0.39 is 4.92 Å². The van der Waals surface area contributed by atoms with Crippen LogP contribution in [0, 0.1) is 10.1 Å². The number of hydrogen-bond acceptors (Lipinski definition) is 3. The molecule has 0 aromatic heterocycles. The summed E-state index contributed by atoms with van der Waals surface area (Å²) in [5.74, 6) is 0. The van der Waals surface area contributed by atoms with Crippen LogP contribution in [0.5, 0.6) is 0 Å². The molecule has 0 heterocycles. The normalized spacial score (nSPS) is 12.0. The summed E-state index contributed by atoms with van der Waals surface area (Å²) in [6.07, 6.45) is 0. The average molecular weight is 346 g/mol. The maximum atomic E-state index is 11.1. The van der Waals surface area contributed by atoms with Gasteiger partial charge in [-0.1, -0.05) is 46.9 Å². The number of halogens is 3. The highest BCUT2D eigenvalue weighted by molar-refractivity contribution is 6.42. The predicted octanol–water partition coefficient (Wildman–Crippen LogP) is 5.73. The first kappa shape index (κ1) is 15.9. The van der Waals surface area contributed by atoms with Crippen molar-refractivity contribution in [1.29, 1.82) is 0 Å². The third-order valence-electron chi connectivity index (χ3n) is 2.96. The first-order valence-electron chi connectivity index (χ1n) is 6.04. The molecule has 0 saturated carbocycles. The number of nitrogens with one attached hydrogen (secondary N) is 1. The smallest absolute Gasteiger partial charge is 0.293 e. The van der Waals surface area contributed by atoms with Crippen molar-refractivity contribution in [2.75, 3.05) is 5.32 Å². The van der Waals surface area contributed by atoms with E-state index in [1.165, 1.54) is 12.1 Å². The Hall–Kier alpha value is -1.49. The number of benzene rings is 2. The fourth-order valence-electron chi connectivity index (χ4n) is 1.90. The monoisotopic (exact) mass is 344 g/mol. The van der Waals surface area contributed by atoms with Gasteiger partial charge in [-0.05, 0) is 30.7 Å². The Balaban J connectivity index is 2.34. The van der Waals surface area contributed by atoms with E-state index in [0.29, 0.717) is 10.7 Å².